The summed E-state index contributed by atoms with van der Waals surface area (Å²) in [6, 6.07) is 2.44. The lowest BCUT2D eigenvalue weighted by atomic mass is 9.78. The van der Waals surface area contributed by atoms with Crippen LogP contribution in [-0.2, 0) is 11.3 Å². The molecule has 7 nitrogen and oxygen atoms in total. The van der Waals surface area contributed by atoms with Gasteiger partial charge in [0, 0.05) is 62.7 Å². The summed E-state index contributed by atoms with van der Waals surface area (Å²) in [6.07, 6.45) is 11.8. The molecule has 0 atom stereocenters. The van der Waals surface area contributed by atoms with Gasteiger partial charge in [0.05, 0.1) is 6.33 Å². The SMILES string of the molecule is CC(=O)NC1CC(c2cc(N3CCC(Cn4ccnc4)CC3)ncn2)C1. The quantitative estimate of drug-likeness (QED) is 0.888. The summed E-state index contributed by atoms with van der Waals surface area (Å²) in [5, 5.41) is 2.98. The van der Waals surface area contributed by atoms with E-state index < -0.39 is 0 Å². The first-order valence-corrected chi connectivity index (χ1v) is 9.47. The minimum Gasteiger partial charge on any atom is -0.356 e. The lowest BCUT2D eigenvalue weighted by Crippen LogP contribution is -2.42. The van der Waals surface area contributed by atoms with Gasteiger partial charge in [-0.3, -0.25) is 4.79 Å². The van der Waals surface area contributed by atoms with E-state index in [1.165, 1.54) is 12.8 Å². The summed E-state index contributed by atoms with van der Waals surface area (Å²) < 4.78 is 2.17. The molecule has 1 amide bonds. The molecule has 2 aromatic heterocycles. The summed E-state index contributed by atoms with van der Waals surface area (Å²) in [6.45, 7) is 4.70. The second-order valence-corrected chi connectivity index (χ2v) is 7.56. The second-order valence-electron chi connectivity index (χ2n) is 7.56. The standard InChI is InChI=1S/C19H26N6O/c1-14(26)23-17-8-16(9-17)18-10-19(22-12-21-18)25-5-2-15(3-6-25)11-24-7-4-20-13-24/h4,7,10,12-13,15-17H,2-3,5-6,8-9,11H2,1H3,(H,23,26). The van der Waals surface area contributed by atoms with E-state index in [1.54, 1.807) is 13.3 Å². The van der Waals surface area contributed by atoms with Gasteiger partial charge in [0.15, 0.2) is 0 Å². The molecule has 2 aromatic rings. The monoisotopic (exact) mass is 354 g/mol. The van der Waals surface area contributed by atoms with E-state index in [-0.39, 0.29) is 5.91 Å². The average Bonchev–Trinajstić information content (AvgIpc) is 3.11. The van der Waals surface area contributed by atoms with Crippen LogP contribution in [0.15, 0.2) is 31.1 Å². The molecule has 0 unspecified atom stereocenters. The number of imidazole rings is 1. The van der Waals surface area contributed by atoms with E-state index in [0.717, 1.165) is 44.0 Å². The van der Waals surface area contributed by atoms with Crippen molar-refractivity contribution in [1.82, 2.24) is 24.8 Å². The number of carbonyl (C=O) groups excluding carboxylic acids is 1. The van der Waals surface area contributed by atoms with Crippen molar-refractivity contribution < 1.29 is 4.79 Å². The zero-order valence-electron chi connectivity index (χ0n) is 15.2. The van der Waals surface area contributed by atoms with Crippen LogP contribution in [0.1, 0.15) is 44.2 Å². The maximum Gasteiger partial charge on any atom is 0.217 e. The third-order valence-electron chi connectivity index (χ3n) is 5.60. The van der Waals surface area contributed by atoms with Crippen LogP contribution in [0.4, 0.5) is 5.82 Å². The van der Waals surface area contributed by atoms with Gasteiger partial charge in [-0.15, -0.1) is 0 Å². The van der Waals surface area contributed by atoms with Crippen molar-refractivity contribution in [2.24, 2.45) is 5.92 Å². The molecule has 0 spiro atoms. The zero-order chi connectivity index (χ0) is 17.9. The second kappa shape index (κ2) is 7.43. The molecule has 1 saturated heterocycles. The van der Waals surface area contributed by atoms with Crippen molar-refractivity contribution in [3.8, 4) is 0 Å². The van der Waals surface area contributed by atoms with Crippen molar-refractivity contribution >= 4 is 11.7 Å². The summed E-state index contributed by atoms with van der Waals surface area (Å²) >= 11 is 0. The van der Waals surface area contributed by atoms with Gasteiger partial charge in [-0.2, -0.15) is 0 Å². The van der Waals surface area contributed by atoms with Gasteiger partial charge < -0.3 is 14.8 Å². The van der Waals surface area contributed by atoms with Gasteiger partial charge in [0.25, 0.3) is 0 Å². The number of nitrogens with zero attached hydrogens (tertiary/aromatic N) is 5. The molecule has 4 rings (SSSR count). The molecule has 138 valence electrons. The first kappa shape index (κ1) is 17.0. The van der Waals surface area contributed by atoms with Gasteiger partial charge in [-0.05, 0) is 31.6 Å². The van der Waals surface area contributed by atoms with Crippen molar-refractivity contribution in [2.45, 2.75) is 51.1 Å². The zero-order valence-corrected chi connectivity index (χ0v) is 15.2. The van der Waals surface area contributed by atoms with Crippen LogP contribution in [0.25, 0.3) is 0 Å². The molecule has 1 aliphatic heterocycles. The Kier molecular flexibility index (Phi) is 4.86. The number of piperidine rings is 1. The largest absolute Gasteiger partial charge is 0.356 e. The van der Waals surface area contributed by atoms with Crippen molar-refractivity contribution in [1.29, 1.82) is 0 Å². The van der Waals surface area contributed by atoms with Gasteiger partial charge >= 0.3 is 0 Å². The number of hydrogen-bond acceptors (Lipinski definition) is 5. The fourth-order valence-electron chi connectivity index (χ4n) is 4.06. The number of carbonyl (C=O) groups is 1. The van der Waals surface area contributed by atoms with E-state index in [9.17, 15) is 4.79 Å². The van der Waals surface area contributed by atoms with Crippen molar-refractivity contribution in [3.05, 3.63) is 36.8 Å². The number of hydrogen-bond donors (Lipinski definition) is 1. The fraction of sp³-hybridized carbons (Fsp3) is 0.579. The van der Waals surface area contributed by atoms with E-state index in [2.05, 4.69) is 35.8 Å². The molecule has 1 N–H and O–H groups in total. The maximum atomic E-state index is 11.1. The topological polar surface area (TPSA) is 75.9 Å². The molecule has 1 aliphatic carbocycles. The molecular formula is C19H26N6O. The first-order chi connectivity index (χ1) is 12.7. The molecule has 0 radical (unpaired) electrons. The van der Waals surface area contributed by atoms with Crippen molar-refractivity contribution in [2.75, 3.05) is 18.0 Å². The molecule has 2 aliphatic rings. The predicted octanol–water partition coefficient (Wildman–Crippen LogP) is 1.97. The molecule has 1 saturated carbocycles. The van der Waals surface area contributed by atoms with Crippen molar-refractivity contribution in [3.63, 3.8) is 0 Å². The number of aromatic nitrogens is 4. The summed E-state index contributed by atoms with van der Waals surface area (Å²) in [5.41, 5.74) is 1.11. The Balaban J connectivity index is 1.31. The molecule has 0 bridgehead atoms. The van der Waals surface area contributed by atoms with E-state index >= 15 is 0 Å². The molecule has 2 fully saturated rings. The molecule has 3 heterocycles. The summed E-state index contributed by atoms with van der Waals surface area (Å²) in [5.74, 6) is 2.23. The molecule has 26 heavy (non-hydrogen) atoms. The van der Waals surface area contributed by atoms with Gasteiger partial charge in [0.2, 0.25) is 5.91 Å². The number of anilines is 1. The Labute approximate surface area is 153 Å². The Bertz CT molecular complexity index is 732. The Morgan fingerprint density at radius 1 is 1.27 bits per heavy atom. The number of rotatable bonds is 5. The molecule has 7 heteroatoms. The van der Waals surface area contributed by atoms with Gasteiger partial charge in [-0.1, -0.05) is 0 Å². The van der Waals surface area contributed by atoms with Crippen LogP contribution < -0.4 is 10.2 Å². The molecular weight excluding hydrogens is 328 g/mol. The summed E-state index contributed by atoms with van der Waals surface area (Å²) in [7, 11) is 0. The molecule has 0 aromatic carbocycles. The van der Waals surface area contributed by atoms with Crippen LogP contribution in [-0.4, -0.2) is 44.6 Å². The average molecular weight is 354 g/mol. The Hall–Kier alpha value is -2.44. The van der Waals surface area contributed by atoms with Crippen LogP contribution in [0.3, 0.4) is 0 Å². The van der Waals surface area contributed by atoms with Crippen LogP contribution in [0.2, 0.25) is 0 Å². The number of nitrogens with one attached hydrogen (secondary N) is 1. The normalized spacial score (nSPS) is 23.5. The van der Waals surface area contributed by atoms with E-state index in [0.29, 0.717) is 17.9 Å². The highest BCUT2D eigenvalue weighted by Gasteiger charge is 2.32. The maximum absolute atomic E-state index is 11.1. The van der Waals surface area contributed by atoms with E-state index in [4.69, 9.17) is 0 Å². The lowest BCUT2D eigenvalue weighted by molar-refractivity contribution is -0.120. The lowest BCUT2D eigenvalue weighted by Gasteiger charge is -2.36. The predicted molar refractivity (Wildman–Crippen MR) is 98.8 cm³/mol. The van der Waals surface area contributed by atoms with Crippen LogP contribution >= 0.6 is 0 Å². The van der Waals surface area contributed by atoms with Crippen LogP contribution in [0, 0.1) is 5.92 Å². The Morgan fingerprint density at radius 2 is 2.08 bits per heavy atom. The highest BCUT2D eigenvalue weighted by molar-refractivity contribution is 5.73. The van der Waals surface area contributed by atoms with Gasteiger partial charge in [0.1, 0.15) is 12.1 Å². The van der Waals surface area contributed by atoms with Crippen LogP contribution in [0.5, 0.6) is 0 Å². The van der Waals surface area contributed by atoms with E-state index in [1.807, 2.05) is 18.7 Å². The third kappa shape index (κ3) is 3.86. The third-order valence-corrected chi connectivity index (χ3v) is 5.60. The summed E-state index contributed by atoms with van der Waals surface area (Å²) in [4.78, 5) is 26.6. The fourth-order valence-corrected chi connectivity index (χ4v) is 4.06. The smallest absolute Gasteiger partial charge is 0.217 e. The minimum atomic E-state index is 0.0513. The highest BCUT2D eigenvalue weighted by atomic mass is 16.1. The first-order valence-electron chi connectivity index (χ1n) is 9.47. The highest BCUT2D eigenvalue weighted by Crippen LogP contribution is 2.36. The Morgan fingerprint density at radius 3 is 2.77 bits per heavy atom. The van der Waals surface area contributed by atoms with Gasteiger partial charge in [-0.25, -0.2) is 15.0 Å². The minimum absolute atomic E-state index is 0.0513. The number of amides is 1.